The van der Waals surface area contributed by atoms with Crippen LogP contribution in [0.3, 0.4) is 0 Å². The summed E-state index contributed by atoms with van der Waals surface area (Å²) in [5.74, 6) is 1.41. The molecular formula is C17H31IN4. The Morgan fingerprint density at radius 3 is 2.36 bits per heavy atom. The molecule has 0 spiro atoms. The summed E-state index contributed by atoms with van der Waals surface area (Å²) >= 11 is 0. The van der Waals surface area contributed by atoms with E-state index in [0.29, 0.717) is 12.0 Å². The monoisotopic (exact) mass is 418 g/mol. The molecule has 1 unspecified atom stereocenters. The molecule has 3 N–H and O–H groups in total. The minimum atomic E-state index is 0. The van der Waals surface area contributed by atoms with Gasteiger partial charge in [0.15, 0.2) is 5.96 Å². The van der Waals surface area contributed by atoms with Gasteiger partial charge in [-0.25, -0.2) is 0 Å². The minimum absolute atomic E-state index is 0. The van der Waals surface area contributed by atoms with Crippen LogP contribution in [0.25, 0.3) is 0 Å². The van der Waals surface area contributed by atoms with Gasteiger partial charge in [-0.05, 0) is 24.5 Å². The Labute approximate surface area is 152 Å². The lowest BCUT2D eigenvalue weighted by Gasteiger charge is -2.25. The highest BCUT2D eigenvalue weighted by Crippen LogP contribution is 2.11. The van der Waals surface area contributed by atoms with E-state index in [0.717, 1.165) is 31.2 Å². The predicted molar refractivity (Wildman–Crippen MR) is 108 cm³/mol. The van der Waals surface area contributed by atoms with Crippen molar-refractivity contribution in [3.05, 3.63) is 30.3 Å². The van der Waals surface area contributed by atoms with Gasteiger partial charge in [0, 0.05) is 31.9 Å². The van der Waals surface area contributed by atoms with Crippen molar-refractivity contribution in [2.75, 3.05) is 25.5 Å². The first-order valence-corrected chi connectivity index (χ1v) is 7.93. The molecule has 1 atom stereocenters. The second kappa shape index (κ2) is 12.6. The maximum Gasteiger partial charge on any atom is 0.191 e. The van der Waals surface area contributed by atoms with Crippen molar-refractivity contribution >= 4 is 35.6 Å². The molecule has 126 valence electrons. The SMILES string of the molecule is CCCCNC(=NC)NCC(Nc1ccccc1)C(C)C.I. The van der Waals surface area contributed by atoms with Crippen molar-refractivity contribution in [1.82, 2.24) is 10.6 Å². The number of para-hydroxylation sites is 1. The van der Waals surface area contributed by atoms with Gasteiger partial charge in [0.2, 0.25) is 0 Å². The number of guanidine groups is 1. The Balaban J connectivity index is 0.00000441. The average Bonchev–Trinajstić information content (AvgIpc) is 2.50. The predicted octanol–water partition coefficient (Wildman–Crippen LogP) is 3.71. The average molecular weight is 418 g/mol. The van der Waals surface area contributed by atoms with E-state index in [2.05, 4.69) is 66.0 Å². The molecule has 0 aliphatic carbocycles. The molecule has 0 bridgehead atoms. The molecule has 0 aliphatic heterocycles. The van der Waals surface area contributed by atoms with E-state index in [9.17, 15) is 0 Å². The molecule has 0 heterocycles. The van der Waals surface area contributed by atoms with Crippen molar-refractivity contribution in [3.8, 4) is 0 Å². The van der Waals surface area contributed by atoms with Gasteiger partial charge in [-0.2, -0.15) is 0 Å². The molecule has 0 saturated heterocycles. The van der Waals surface area contributed by atoms with E-state index < -0.39 is 0 Å². The van der Waals surface area contributed by atoms with Crippen LogP contribution < -0.4 is 16.0 Å². The standard InChI is InChI=1S/C17H30N4.HI/c1-5-6-12-19-17(18-4)20-13-16(14(2)3)21-15-10-8-7-9-11-15;/h7-11,14,16,21H,5-6,12-13H2,1-4H3,(H2,18,19,20);1H. The Kier molecular flexibility index (Phi) is 12.0. The van der Waals surface area contributed by atoms with E-state index in [1.54, 1.807) is 0 Å². The number of rotatable bonds is 8. The van der Waals surface area contributed by atoms with E-state index >= 15 is 0 Å². The molecule has 0 amide bonds. The minimum Gasteiger partial charge on any atom is -0.380 e. The molecule has 0 aromatic heterocycles. The number of nitrogens with zero attached hydrogens (tertiary/aromatic N) is 1. The Morgan fingerprint density at radius 2 is 1.82 bits per heavy atom. The van der Waals surface area contributed by atoms with Gasteiger partial charge in [0.05, 0.1) is 0 Å². The molecule has 1 aromatic carbocycles. The topological polar surface area (TPSA) is 48.5 Å². The van der Waals surface area contributed by atoms with Crippen LogP contribution in [0.2, 0.25) is 0 Å². The summed E-state index contributed by atoms with van der Waals surface area (Å²) in [7, 11) is 1.82. The molecule has 0 fully saturated rings. The zero-order valence-electron chi connectivity index (χ0n) is 14.2. The first-order valence-electron chi connectivity index (χ1n) is 7.93. The summed E-state index contributed by atoms with van der Waals surface area (Å²) < 4.78 is 0. The van der Waals surface area contributed by atoms with Gasteiger partial charge >= 0.3 is 0 Å². The van der Waals surface area contributed by atoms with Crippen LogP contribution >= 0.6 is 24.0 Å². The summed E-state index contributed by atoms with van der Waals surface area (Å²) in [5, 5.41) is 10.3. The lowest BCUT2D eigenvalue weighted by Crippen LogP contribution is -2.45. The molecule has 22 heavy (non-hydrogen) atoms. The maximum atomic E-state index is 4.26. The number of halogens is 1. The molecule has 1 aromatic rings. The molecule has 5 heteroatoms. The van der Waals surface area contributed by atoms with Crippen molar-refractivity contribution < 1.29 is 0 Å². The summed E-state index contributed by atoms with van der Waals surface area (Å²) in [5.41, 5.74) is 1.16. The van der Waals surface area contributed by atoms with Gasteiger partial charge in [-0.1, -0.05) is 45.4 Å². The van der Waals surface area contributed by atoms with Gasteiger partial charge in [0.25, 0.3) is 0 Å². The number of unbranched alkanes of at least 4 members (excludes halogenated alkanes) is 1. The van der Waals surface area contributed by atoms with E-state index in [1.165, 1.54) is 6.42 Å². The number of benzene rings is 1. The number of hydrogen-bond donors (Lipinski definition) is 3. The van der Waals surface area contributed by atoms with Crippen LogP contribution in [-0.2, 0) is 0 Å². The quantitative estimate of drug-likeness (QED) is 0.261. The summed E-state index contributed by atoms with van der Waals surface area (Å²) in [6.07, 6.45) is 2.35. The van der Waals surface area contributed by atoms with Gasteiger partial charge in [-0.15, -0.1) is 24.0 Å². The largest absolute Gasteiger partial charge is 0.380 e. The zero-order valence-corrected chi connectivity index (χ0v) is 16.6. The van der Waals surface area contributed by atoms with E-state index in [-0.39, 0.29) is 24.0 Å². The lowest BCUT2D eigenvalue weighted by molar-refractivity contribution is 0.512. The molecule has 4 nitrogen and oxygen atoms in total. The van der Waals surface area contributed by atoms with Gasteiger partial charge in [0.1, 0.15) is 0 Å². The highest BCUT2D eigenvalue weighted by Gasteiger charge is 2.13. The number of aliphatic imine (C=N–C) groups is 1. The fourth-order valence-corrected chi connectivity index (χ4v) is 2.01. The summed E-state index contributed by atoms with van der Waals surface area (Å²) in [6, 6.07) is 10.7. The van der Waals surface area contributed by atoms with Crippen LogP contribution in [0.5, 0.6) is 0 Å². The van der Waals surface area contributed by atoms with Gasteiger partial charge < -0.3 is 16.0 Å². The zero-order chi connectivity index (χ0) is 15.5. The summed E-state index contributed by atoms with van der Waals surface area (Å²) in [6.45, 7) is 8.47. The highest BCUT2D eigenvalue weighted by atomic mass is 127. The number of nitrogens with one attached hydrogen (secondary N) is 3. The molecule has 0 radical (unpaired) electrons. The van der Waals surface area contributed by atoms with Crippen molar-refractivity contribution in [2.24, 2.45) is 10.9 Å². The first kappa shape index (κ1) is 21.0. The van der Waals surface area contributed by atoms with Crippen molar-refractivity contribution in [2.45, 2.75) is 39.7 Å². The lowest BCUT2D eigenvalue weighted by atomic mass is 10.0. The smallest absolute Gasteiger partial charge is 0.191 e. The molecule has 0 aliphatic rings. The van der Waals surface area contributed by atoms with E-state index in [1.807, 2.05) is 13.1 Å². The number of anilines is 1. The Morgan fingerprint density at radius 1 is 1.14 bits per heavy atom. The van der Waals surface area contributed by atoms with Crippen molar-refractivity contribution in [3.63, 3.8) is 0 Å². The second-order valence-corrected chi connectivity index (χ2v) is 5.59. The van der Waals surface area contributed by atoms with Gasteiger partial charge in [-0.3, -0.25) is 4.99 Å². The molecule has 0 saturated carbocycles. The third-order valence-electron chi connectivity index (χ3n) is 3.47. The fraction of sp³-hybridized carbons (Fsp3) is 0.588. The molecular weight excluding hydrogens is 387 g/mol. The normalized spacial score (nSPS) is 12.5. The van der Waals surface area contributed by atoms with Crippen molar-refractivity contribution in [1.29, 1.82) is 0 Å². The third kappa shape index (κ3) is 8.46. The van der Waals surface area contributed by atoms with Crippen LogP contribution in [0.1, 0.15) is 33.6 Å². The second-order valence-electron chi connectivity index (χ2n) is 5.59. The Hall–Kier alpha value is -0.980. The van der Waals surface area contributed by atoms with Crippen LogP contribution in [0.15, 0.2) is 35.3 Å². The maximum absolute atomic E-state index is 4.26. The highest BCUT2D eigenvalue weighted by molar-refractivity contribution is 14.0. The van der Waals surface area contributed by atoms with Crippen LogP contribution in [0.4, 0.5) is 5.69 Å². The number of hydrogen-bond acceptors (Lipinski definition) is 2. The first-order chi connectivity index (χ1) is 10.2. The summed E-state index contributed by atoms with van der Waals surface area (Å²) in [4.78, 5) is 4.26. The van der Waals surface area contributed by atoms with Crippen LogP contribution in [0, 0.1) is 5.92 Å². The van der Waals surface area contributed by atoms with E-state index in [4.69, 9.17) is 0 Å². The van der Waals surface area contributed by atoms with Crippen LogP contribution in [-0.4, -0.2) is 32.1 Å². The Bertz CT molecular complexity index is 406. The molecule has 1 rings (SSSR count). The fourth-order valence-electron chi connectivity index (χ4n) is 2.01. The third-order valence-corrected chi connectivity index (χ3v) is 3.47.